The van der Waals surface area contributed by atoms with Crippen LogP contribution in [-0.2, 0) is 9.53 Å². The van der Waals surface area contributed by atoms with Gasteiger partial charge < -0.3 is 10.1 Å². The number of carbonyl (C=O) groups is 2. The van der Waals surface area contributed by atoms with Crippen LogP contribution in [0.5, 0.6) is 0 Å². The van der Waals surface area contributed by atoms with Gasteiger partial charge in [0.2, 0.25) is 0 Å². The monoisotopic (exact) mass is 350 g/mol. The van der Waals surface area contributed by atoms with Crippen LogP contribution in [0.1, 0.15) is 31.1 Å². The molecule has 2 aromatic carbocycles. The zero-order valence-electron chi connectivity index (χ0n) is 15.2. The molecule has 1 N–H and O–H groups in total. The Morgan fingerprint density at radius 3 is 2.35 bits per heavy atom. The lowest BCUT2D eigenvalue weighted by atomic mass is 9.90. The van der Waals surface area contributed by atoms with Gasteiger partial charge in [-0.3, -0.25) is 4.79 Å². The van der Waals surface area contributed by atoms with Crippen LogP contribution in [0.4, 0.5) is 0 Å². The Morgan fingerprint density at radius 2 is 1.73 bits per heavy atom. The molecule has 0 aromatic heterocycles. The SMILES string of the molecule is CC(C)[C@@](C)(C#N)NC(=O)COC(=O)c1ccccc1-c1ccccc1. The summed E-state index contributed by atoms with van der Waals surface area (Å²) in [6.07, 6.45) is 0. The van der Waals surface area contributed by atoms with Gasteiger partial charge in [0.05, 0.1) is 11.6 Å². The second-order valence-electron chi connectivity index (χ2n) is 6.50. The Kier molecular flexibility index (Phi) is 6.13. The molecular formula is C21H22N2O3. The van der Waals surface area contributed by atoms with Crippen LogP contribution < -0.4 is 5.32 Å². The molecule has 0 fully saturated rings. The van der Waals surface area contributed by atoms with Crippen molar-refractivity contribution in [2.45, 2.75) is 26.3 Å². The topological polar surface area (TPSA) is 79.2 Å². The number of esters is 1. The van der Waals surface area contributed by atoms with Crippen molar-refractivity contribution in [1.82, 2.24) is 5.32 Å². The first-order chi connectivity index (χ1) is 12.4. The molecule has 2 aromatic rings. The van der Waals surface area contributed by atoms with Gasteiger partial charge in [0.15, 0.2) is 6.61 Å². The fourth-order valence-corrected chi connectivity index (χ4v) is 2.37. The van der Waals surface area contributed by atoms with Crippen LogP contribution >= 0.6 is 0 Å². The Balaban J connectivity index is 2.08. The Hall–Kier alpha value is -3.13. The minimum absolute atomic E-state index is 0.0778. The maximum Gasteiger partial charge on any atom is 0.339 e. The molecule has 5 heteroatoms. The third kappa shape index (κ3) is 4.48. The number of nitriles is 1. The highest BCUT2D eigenvalue weighted by molar-refractivity contribution is 5.98. The van der Waals surface area contributed by atoms with Crippen LogP contribution in [0.25, 0.3) is 11.1 Å². The zero-order chi connectivity index (χ0) is 19.2. The van der Waals surface area contributed by atoms with E-state index < -0.39 is 24.0 Å². The lowest BCUT2D eigenvalue weighted by Gasteiger charge is -2.27. The quantitative estimate of drug-likeness (QED) is 0.808. The fourth-order valence-electron chi connectivity index (χ4n) is 2.37. The lowest BCUT2D eigenvalue weighted by Crippen LogP contribution is -2.50. The molecular weight excluding hydrogens is 328 g/mol. The summed E-state index contributed by atoms with van der Waals surface area (Å²) in [4.78, 5) is 24.5. The van der Waals surface area contributed by atoms with E-state index >= 15 is 0 Å². The van der Waals surface area contributed by atoms with Gasteiger partial charge in [-0.2, -0.15) is 5.26 Å². The Labute approximate surface area is 153 Å². The maximum atomic E-state index is 12.4. The van der Waals surface area contributed by atoms with Gasteiger partial charge in [0.25, 0.3) is 5.91 Å². The molecule has 0 spiro atoms. The molecule has 0 bridgehead atoms. The van der Waals surface area contributed by atoms with Crippen molar-refractivity contribution in [3.63, 3.8) is 0 Å². The van der Waals surface area contributed by atoms with Crippen molar-refractivity contribution in [3.05, 3.63) is 60.2 Å². The van der Waals surface area contributed by atoms with E-state index in [0.29, 0.717) is 5.56 Å². The third-order valence-electron chi connectivity index (χ3n) is 4.35. The van der Waals surface area contributed by atoms with Gasteiger partial charge in [-0.05, 0) is 30.0 Å². The molecule has 0 aliphatic rings. The summed E-state index contributed by atoms with van der Waals surface area (Å²) in [5.41, 5.74) is 1.01. The summed E-state index contributed by atoms with van der Waals surface area (Å²) in [5.74, 6) is -1.16. The highest BCUT2D eigenvalue weighted by atomic mass is 16.5. The third-order valence-corrected chi connectivity index (χ3v) is 4.35. The van der Waals surface area contributed by atoms with Crippen LogP contribution in [-0.4, -0.2) is 24.0 Å². The van der Waals surface area contributed by atoms with Crippen molar-refractivity contribution < 1.29 is 14.3 Å². The van der Waals surface area contributed by atoms with E-state index in [0.717, 1.165) is 11.1 Å². The predicted octanol–water partition coefficient (Wildman–Crippen LogP) is 3.56. The number of nitrogens with one attached hydrogen (secondary N) is 1. The van der Waals surface area contributed by atoms with E-state index in [1.165, 1.54) is 0 Å². The van der Waals surface area contributed by atoms with Gasteiger partial charge in [-0.15, -0.1) is 0 Å². The van der Waals surface area contributed by atoms with Crippen LogP contribution in [0.15, 0.2) is 54.6 Å². The Morgan fingerprint density at radius 1 is 1.12 bits per heavy atom. The molecule has 0 aliphatic heterocycles. The molecule has 5 nitrogen and oxygen atoms in total. The van der Waals surface area contributed by atoms with Gasteiger partial charge >= 0.3 is 5.97 Å². The highest BCUT2D eigenvalue weighted by Gasteiger charge is 2.30. The van der Waals surface area contributed by atoms with Crippen molar-refractivity contribution >= 4 is 11.9 Å². The molecule has 134 valence electrons. The summed E-state index contributed by atoms with van der Waals surface area (Å²) in [5, 5.41) is 11.9. The van der Waals surface area contributed by atoms with Crippen LogP contribution in [0.3, 0.4) is 0 Å². The normalized spacial score (nSPS) is 12.7. The average Bonchev–Trinajstić information content (AvgIpc) is 2.66. The number of nitrogens with zero attached hydrogens (tertiary/aromatic N) is 1. The summed E-state index contributed by atoms with van der Waals surface area (Å²) < 4.78 is 5.16. The molecule has 26 heavy (non-hydrogen) atoms. The van der Waals surface area contributed by atoms with Crippen LogP contribution in [0, 0.1) is 17.2 Å². The van der Waals surface area contributed by atoms with Gasteiger partial charge in [-0.25, -0.2) is 4.79 Å². The number of hydrogen-bond donors (Lipinski definition) is 1. The number of carbonyl (C=O) groups excluding carboxylic acids is 2. The predicted molar refractivity (Wildman–Crippen MR) is 99.2 cm³/mol. The van der Waals surface area contributed by atoms with E-state index in [1.54, 1.807) is 19.1 Å². The first-order valence-electron chi connectivity index (χ1n) is 8.41. The van der Waals surface area contributed by atoms with Crippen molar-refractivity contribution in [2.24, 2.45) is 5.92 Å². The van der Waals surface area contributed by atoms with Crippen molar-refractivity contribution in [1.29, 1.82) is 5.26 Å². The number of benzene rings is 2. The van der Waals surface area contributed by atoms with Gasteiger partial charge in [0, 0.05) is 0 Å². The number of amides is 1. The average molecular weight is 350 g/mol. The zero-order valence-corrected chi connectivity index (χ0v) is 15.2. The smallest absolute Gasteiger partial charge is 0.339 e. The number of hydrogen-bond acceptors (Lipinski definition) is 4. The molecule has 0 saturated carbocycles. The molecule has 1 atom stereocenters. The molecule has 0 unspecified atom stereocenters. The standard InChI is InChI=1S/C21H22N2O3/c1-15(2)21(3,14-22)23-19(24)13-26-20(25)18-12-8-7-11-17(18)16-9-5-4-6-10-16/h4-12,15H,13H2,1-3H3,(H,23,24)/t21-/m1/s1. The molecule has 2 rings (SSSR count). The molecule has 0 aliphatic carbocycles. The van der Waals surface area contributed by atoms with E-state index in [2.05, 4.69) is 11.4 Å². The van der Waals surface area contributed by atoms with Gasteiger partial charge in [-0.1, -0.05) is 62.4 Å². The maximum absolute atomic E-state index is 12.4. The molecule has 0 radical (unpaired) electrons. The molecule has 1 amide bonds. The van der Waals surface area contributed by atoms with E-state index in [9.17, 15) is 14.9 Å². The van der Waals surface area contributed by atoms with Crippen LogP contribution in [0.2, 0.25) is 0 Å². The van der Waals surface area contributed by atoms with E-state index in [1.807, 2.05) is 56.3 Å². The van der Waals surface area contributed by atoms with Crippen molar-refractivity contribution in [2.75, 3.05) is 6.61 Å². The summed E-state index contributed by atoms with van der Waals surface area (Å²) in [7, 11) is 0. The summed E-state index contributed by atoms with van der Waals surface area (Å²) >= 11 is 0. The Bertz CT molecular complexity index is 825. The van der Waals surface area contributed by atoms with Gasteiger partial charge in [0.1, 0.15) is 5.54 Å². The fraction of sp³-hybridized carbons (Fsp3) is 0.286. The minimum atomic E-state index is -1.01. The van der Waals surface area contributed by atoms with E-state index in [-0.39, 0.29) is 5.92 Å². The van der Waals surface area contributed by atoms with Crippen molar-refractivity contribution in [3.8, 4) is 17.2 Å². The lowest BCUT2D eigenvalue weighted by molar-refractivity contribution is -0.125. The van der Waals surface area contributed by atoms with E-state index in [4.69, 9.17) is 4.74 Å². The second kappa shape index (κ2) is 8.30. The minimum Gasteiger partial charge on any atom is -0.452 e. The first kappa shape index (κ1) is 19.2. The molecule has 0 heterocycles. The second-order valence-corrected chi connectivity index (χ2v) is 6.50. The summed E-state index contributed by atoms with van der Waals surface area (Å²) in [6.45, 7) is 4.88. The molecule has 0 saturated heterocycles. The number of rotatable bonds is 6. The number of ether oxygens (including phenoxy) is 1. The highest BCUT2D eigenvalue weighted by Crippen LogP contribution is 2.24. The largest absolute Gasteiger partial charge is 0.452 e. The first-order valence-corrected chi connectivity index (χ1v) is 8.41. The summed E-state index contributed by atoms with van der Waals surface area (Å²) in [6, 6.07) is 18.6.